The Morgan fingerprint density at radius 3 is 2.42 bits per heavy atom. The summed E-state index contributed by atoms with van der Waals surface area (Å²) in [4.78, 5) is 0. The molecule has 2 aromatic rings. The van der Waals surface area contributed by atoms with E-state index in [0.717, 1.165) is 17.3 Å². The fraction of sp³-hybridized carbons (Fsp3) is 0. The summed E-state index contributed by atoms with van der Waals surface area (Å²) in [6.45, 7) is 0. The fourth-order valence-electron chi connectivity index (χ4n) is 0.974. The predicted molar refractivity (Wildman–Crippen MR) is 48.1 cm³/mol. The van der Waals surface area contributed by atoms with Crippen molar-refractivity contribution in [3.05, 3.63) is 30.3 Å². The number of benzene rings is 1. The van der Waals surface area contributed by atoms with Crippen LogP contribution in [0.2, 0.25) is 0 Å². The molecule has 1 aromatic carbocycles. The Hall–Kier alpha value is -1.42. The van der Waals surface area contributed by atoms with Crippen LogP contribution in [0, 0.1) is 0 Å². The molecule has 2 rings (SSSR count). The summed E-state index contributed by atoms with van der Waals surface area (Å²) >= 11 is 1.07. The second kappa shape index (κ2) is 2.91. The lowest BCUT2D eigenvalue weighted by atomic mass is 10.2. The van der Waals surface area contributed by atoms with Gasteiger partial charge in [-0.1, -0.05) is 30.3 Å². The van der Waals surface area contributed by atoms with Gasteiger partial charge in [-0.05, 0) is 0 Å². The number of nitrogens with zero attached hydrogens (tertiary/aromatic N) is 2. The van der Waals surface area contributed by atoms with Crippen LogP contribution in [0.15, 0.2) is 30.3 Å². The van der Waals surface area contributed by atoms with Gasteiger partial charge in [0.15, 0.2) is 5.82 Å². The van der Waals surface area contributed by atoms with Crippen LogP contribution in [-0.2, 0) is 0 Å². The van der Waals surface area contributed by atoms with E-state index in [2.05, 4.69) is 8.75 Å². The monoisotopic (exact) mass is 176 g/mol. The molecular weight excluding hydrogens is 170 g/mol. The van der Waals surface area contributed by atoms with E-state index in [1.807, 2.05) is 30.3 Å². The summed E-state index contributed by atoms with van der Waals surface area (Å²) in [5.74, 6) is 0.256. The van der Waals surface area contributed by atoms with Crippen LogP contribution < -0.4 is 5.73 Å². The van der Waals surface area contributed by atoms with Gasteiger partial charge in [-0.15, -0.1) is 0 Å². The zero-order chi connectivity index (χ0) is 8.39. The molecule has 0 unspecified atom stereocenters. The van der Waals surface area contributed by atoms with Crippen LogP contribution in [0.5, 0.6) is 0 Å². The number of hydrogen-bond acceptors (Lipinski definition) is 3. The Morgan fingerprint density at radius 1 is 1.08 bits per heavy atom. The maximum Gasteiger partial charge on any atom is 0.186 e. The maximum absolute atomic E-state index is 7.43. The first kappa shape index (κ1) is 7.24. The zero-order valence-electron chi connectivity index (χ0n) is 6.19. The smallest absolute Gasteiger partial charge is 0.186 e. The number of rotatable bonds is 1. The molecule has 0 aliphatic carbocycles. The van der Waals surface area contributed by atoms with Crippen LogP contribution in [0.25, 0.3) is 11.3 Å². The Labute approximate surface area is 74.2 Å². The highest BCUT2D eigenvalue weighted by molar-refractivity contribution is 6.99. The van der Waals surface area contributed by atoms with Crippen molar-refractivity contribution in [3.8, 4) is 11.3 Å². The standard InChI is InChI=1S/C8H6N3S/c9-8-7(10-12-11-8)6-4-2-1-3-5-6/h1-5,9H. The van der Waals surface area contributed by atoms with E-state index >= 15 is 0 Å². The second-order valence-corrected chi connectivity index (χ2v) is 2.86. The molecule has 0 atom stereocenters. The highest BCUT2D eigenvalue weighted by Crippen LogP contribution is 2.23. The lowest BCUT2D eigenvalue weighted by molar-refractivity contribution is 1.37. The molecule has 0 bridgehead atoms. The predicted octanol–water partition coefficient (Wildman–Crippen LogP) is 2.12. The van der Waals surface area contributed by atoms with Crippen LogP contribution in [0.4, 0.5) is 5.82 Å². The van der Waals surface area contributed by atoms with Gasteiger partial charge in [0.25, 0.3) is 0 Å². The average Bonchev–Trinajstić information content (AvgIpc) is 2.53. The third kappa shape index (κ3) is 1.16. The van der Waals surface area contributed by atoms with Gasteiger partial charge >= 0.3 is 0 Å². The molecule has 0 amide bonds. The molecule has 0 saturated heterocycles. The summed E-state index contributed by atoms with van der Waals surface area (Å²) in [5.41, 5.74) is 9.05. The molecule has 59 valence electrons. The van der Waals surface area contributed by atoms with Gasteiger partial charge in [0.1, 0.15) is 5.69 Å². The number of nitrogens with one attached hydrogen (secondary N) is 1. The minimum Gasteiger partial charge on any atom is -0.280 e. The third-order valence-electron chi connectivity index (χ3n) is 1.54. The van der Waals surface area contributed by atoms with Crippen molar-refractivity contribution in [3.63, 3.8) is 0 Å². The van der Waals surface area contributed by atoms with E-state index in [9.17, 15) is 0 Å². The Balaban J connectivity index is 2.51. The van der Waals surface area contributed by atoms with E-state index < -0.39 is 0 Å². The number of aromatic nitrogens is 2. The van der Waals surface area contributed by atoms with Crippen molar-refractivity contribution in [2.45, 2.75) is 0 Å². The Morgan fingerprint density at radius 2 is 1.83 bits per heavy atom. The second-order valence-electron chi connectivity index (χ2n) is 2.33. The summed E-state index contributed by atoms with van der Waals surface area (Å²) < 4.78 is 7.82. The summed E-state index contributed by atoms with van der Waals surface area (Å²) in [5, 5.41) is 0. The minimum absolute atomic E-state index is 0.256. The van der Waals surface area contributed by atoms with E-state index in [-0.39, 0.29) is 5.82 Å². The van der Waals surface area contributed by atoms with Crippen molar-refractivity contribution in [1.82, 2.24) is 14.5 Å². The summed E-state index contributed by atoms with van der Waals surface area (Å²) in [6.07, 6.45) is 0. The third-order valence-corrected chi connectivity index (χ3v) is 2.06. The van der Waals surface area contributed by atoms with Crippen LogP contribution in [0.3, 0.4) is 0 Å². The Bertz CT molecular complexity index is 369. The quantitative estimate of drug-likeness (QED) is 0.668. The first-order chi connectivity index (χ1) is 5.88. The molecule has 0 fully saturated rings. The molecule has 1 radical (unpaired) electrons. The Kier molecular flexibility index (Phi) is 1.75. The number of hydrogen-bond donors (Lipinski definition) is 0. The van der Waals surface area contributed by atoms with E-state index in [1.165, 1.54) is 0 Å². The molecule has 12 heavy (non-hydrogen) atoms. The van der Waals surface area contributed by atoms with Crippen molar-refractivity contribution in [1.29, 1.82) is 0 Å². The fourth-order valence-corrected chi connectivity index (χ4v) is 1.46. The summed E-state index contributed by atoms with van der Waals surface area (Å²) in [6, 6.07) is 9.64. The zero-order valence-corrected chi connectivity index (χ0v) is 7.01. The largest absolute Gasteiger partial charge is 0.280 e. The molecule has 1 heterocycles. The molecule has 1 N–H and O–H groups in total. The SMILES string of the molecule is [NH]c1nsnc1-c1ccccc1. The van der Waals surface area contributed by atoms with Crippen molar-refractivity contribution >= 4 is 17.5 Å². The van der Waals surface area contributed by atoms with Gasteiger partial charge in [-0.3, -0.25) is 5.73 Å². The summed E-state index contributed by atoms with van der Waals surface area (Å²) in [7, 11) is 0. The van der Waals surface area contributed by atoms with E-state index in [0.29, 0.717) is 5.69 Å². The van der Waals surface area contributed by atoms with Crippen molar-refractivity contribution in [2.75, 3.05) is 0 Å². The average molecular weight is 176 g/mol. The van der Waals surface area contributed by atoms with Crippen LogP contribution in [-0.4, -0.2) is 8.75 Å². The molecule has 0 aliphatic heterocycles. The van der Waals surface area contributed by atoms with E-state index in [1.54, 1.807) is 0 Å². The van der Waals surface area contributed by atoms with Gasteiger partial charge < -0.3 is 0 Å². The highest BCUT2D eigenvalue weighted by Gasteiger charge is 2.05. The van der Waals surface area contributed by atoms with Gasteiger partial charge in [0.05, 0.1) is 11.7 Å². The molecule has 0 aliphatic rings. The lowest BCUT2D eigenvalue weighted by Crippen LogP contribution is -1.77. The maximum atomic E-state index is 7.43. The first-order valence-electron chi connectivity index (χ1n) is 3.47. The first-order valence-corrected chi connectivity index (χ1v) is 4.20. The molecule has 0 saturated carbocycles. The van der Waals surface area contributed by atoms with Gasteiger partial charge in [0.2, 0.25) is 0 Å². The molecule has 1 aromatic heterocycles. The molecule has 0 spiro atoms. The van der Waals surface area contributed by atoms with E-state index in [4.69, 9.17) is 5.73 Å². The van der Waals surface area contributed by atoms with Crippen molar-refractivity contribution < 1.29 is 0 Å². The van der Waals surface area contributed by atoms with Crippen LogP contribution in [0.1, 0.15) is 0 Å². The molecular formula is C8H6N3S. The van der Waals surface area contributed by atoms with Gasteiger partial charge in [-0.25, -0.2) is 0 Å². The van der Waals surface area contributed by atoms with Gasteiger partial charge in [0, 0.05) is 5.56 Å². The minimum atomic E-state index is 0.256. The van der Waals surface area contributed by atoms with Crippen molar-refractivity contribution in [2.24, 2.45) is 0 Å². The van der Waals surface area contributed by atoms with Gasteiger partial charge in [-0.2, -0.15) is 8.75 Å². The lowest BCUT2D eigenvalue weighted by Gasteiger charge is -1.93. The molecule has 4 heteroatoms. The topological polar surface area (TPSA) is 49.6 Å². The van der Waals surface area contributed by atoms with Crippen LogP contribution >= 0.6 is 11.7 Å². The normalized spacial score (nSPS) is 10.0. The molecule has 3 nitrogen and oxygen atoms in total. The highest BCUT2D eigenvalue weighted by atomic mass is 32.1.